The van der Waals surface area contributed by atoms with E-state index < -0.39 is 0 Å². The van der Waals surface area contributed by atoms with Crippen LogP contribution in [0.5, 0.6) is 0 Å². The smallest absolute Gasteiger partial charge is 0.289 e. The summed E-state index contributed by atoms with van der Waals surface area (Å²) < 4.78 is 10.6. The Morgan fingerprint density at radius 1 is 0.963 bits per heavy atom. The Balaban J connectivity index is 1.28. The standard InChI is InChI=1S/C19H27N5O3/c1-15-17(21-27-20-15)14-23-9-11-24(12-10-23)19(25)18-6-5-16(26-18)13-22-7-3-2-4-8-22/h5-6H,2-4,7-14H2,1H3. The first kappa shape index (κ1) is 18.2. The van der Waals surface area contributed by atoms with Crippen LogP contribution in [0.15, 0.2) is 21.2 Å². The lowest BCUT2D eigenvalue weighted by Gasteiger charge is -2.33. The highest BCUT2D eigenvalue weighted by Gasteiger charge is 2.25. The monoisotopic (exact) mass is 373 g/mol. The molecular formula is C19H27N5O3. The van der Waals surface area contributed by atoms with Crippen LogP contribution in [-0.4, -0.2) is 70.2 Å². The first-order valence-electron chi connectivity index (χ1n) is 9.80. The van der Waals surface area contributed by atoms with E-state index in [-0.39, 0.29) is 5.91 Å². The summed E-state index contributed by atoms with van der Waals surface area (Å²) in [7, 11) is 0. The molecule has 4 heterocycles. The fourth-order valence-corrected chi connectivity index (χ4v) is 3.79. The number of carbonyl (C=O) groups excluding carboxylic acids is 1. The summed E-state index contributed by atoms with van der Waals surface area (Å²) in [6.45, 7) is 8.61. The molecule has 0 atom stereocenters. The number of nitrogens with zero attached hydrogens (tertiary/aromatic N) is 5. The number of hydrogen-bond donors (Lipinski definition) is 0. The molecule has 8 heteroatoms. The second kappa shape index (κ2) is 8.22. The molecule has 146 valence electrons. The zero-order valence-electron chi connectivity index (χ0n) is 15.9. The SMILES string of the molecule is Cc1nonc1CN1CCN(C(=O)c2ccc(CN3CCCCC3)o2)CC1. The number of aryl methyl sites for hydroxylation is 1. The molecule has 27 heavy (non-hydrogen) atoms. The summed E-state index contributed by atoms with van der Waals surface area (Å²) in [4.78, 5) is 19.3. The highest BCUT2D eigenvalue weighted by atomic mass is 16.6. The molecule has 0 aromatic carbocycles. The van der Waals surface area contributed by atoms with Crippen LogP contribution in [0.4, 0.5) is 0 Å². The van der Waals surface area contributed by atoms with Crippen LogP contribution < -0.4 is 0 Å². The van der Waals surface area contributed by atoms with Gasteiger partial charge in [0.15, 0.2) is 5.76 Å². The number of carbonyl (C=O) groups is 1. The van der Waals surface area contributed by atoms with Gasteiger partial charge in [0.1, 0.15) is 17.1 Å². The average molecular weight is 373 g/mol. The van der Waals surface area contributed by atoms with Gasteiger partial charge in [-0.3, -0.25) is 14.6 Å². The summed E-state index contributed by atoms with van der Waals surface area (Å²) in [5, 5.41) is 7.75. The van der Waals surface area contributed by atoms with E-state index in [1.54, 1.807) is 0 Å². The Morgan fingerprint density at radius 2 is 1.70 bits per heavy atom. The Hall–Kier alpha value is -2.19. The molecule has 0 aliphatic carbocycles. The van der Waals surface area contributed by atoms with Gasteiger partial charge >= 0.3 is 0 Å². The molecule has 4 rings (SSSR count). The van der Waals surface area contributed by atoms with E-state index in [9.17, 15) is 4.79 Å². The fraction of sp³-hybridized carbons (Fsp3) is 0.632. The third-order valence-corrected chi connectivity index (χ3v) is 5.48. The van der Waals surface area contributed by atoms with Crippen molar-refractivity contribution in [2.75, 3.05) is 39.3 Å². The summed E-state index contributed by atoms with van der Waals surface area (Å²) in [5.74, 6) is 1.32. The number of aromatic nitrogens is 2. The number of hydrogen-bond acceptors (Lipinski definition) is 7. The van der Waals surface area contributed by atoms with E-state index in [2.05, 4.69) is 20.1 Å². The average Bonchev–Trinajstić information content (AvgIpc) is 3.32. The molecule has 2 aliphatic heterocycles. The molecular weight excluding hydrogens is 346 g/mol. The minimum Gasteiger partial charge on any atom is -0.455 e. The second-order valence-electron chi connectivity index (χ2n) is 7.47. The molecule has 2 aliphatic rings. The number of rotatable bonds is 5. The van der Waals surface area contributed by atoms with Gasteiger partial charge in [0, 0.05) is 32.7 Å². The van der Waals surface area contributed by atoms with Crippen molar-refractivity contribution in [2.24, 2.45) is 0 Å². The minimum atomic E-state index is -0.0150. The Bertz CT molecular complexity index is 757. The normalized spacial score (nSPS) is 19.5. The molecule has 0 N–H and O–H groups in total. The van der Waals surface area contributed by atoms with E-state index >= 15 is 0 Å². The van der Waals surface area contributed by atoms with Gasteiger partial charge in [0.25, 0.3) is 5.91 Å². The summed E-state index contributed by atoms with van der Waals surface area (Å²) in [6.07, 6.45) is 3.82. The van der Waals surface area contributed by atoms with Gasteiger partial charge in [0.2, 0.25) is 0 Å². The van der Waals surface area contributed by atoms with Gasteiger partial charge in [0.05, 0.1) is 6.54 Å². The maximum absolute atomic E-state index is 12.7. The van der Waals surface area contributed by atoms with E-state index in [4.69, 9.17) is 9.05 Å². The van der Waals surface area contributed by atoms with Crippen molar-refractivity contribution in [3.05, 3.63) is 35.0 Å². The topological polar surface area (TPSA) is 78.9 Å². The summed E-state index contributed by atoms with van der Waals surface area (Å²) >= 11 is 0. The van der Waals surface area contributed by atoms with E-state index in [0.717, 1.165) is 49.9 Å². The highest BCUT2D eigenvalue weighted by Crippen LogP contribution is 2.17. The quantitative estimate of drug-likeness (QED) is 0.792. The van der Waals surface area contributed by atoms with Gasteiger partial charge in [-0.2, -0.15) is 0 Å². The maximum Gasteiger partial charge on any atom is 0.289 e. The molecule has 0 bridgehead atoms. The lowest BCUT2D eigenvalue weighted by Crippen LogP contribution is -2.48. The van der Waals surface area contributed by atoms with Crippen molar-refractivity contribution in [2.45, 2.75) is 39.3 Å². The molecule has 2 aromatic rings. The van der Waals surface area contributed by atoms with Crippen molar-refractivity contribution in [1.29, 1.82) is 0 Å². The number of furan rings is 1. The molecule has 0 saturated carbocycles. The molecule has 0 spiro atoms. The van der Waals surface area contributed by atoms with Gasteiger partial charge in [-0.1, -0.05) is 16.7 Å². The van der Waals surface area contributed by atoms with Gasteiger partial charge in [-0.05, 0) is 45.0 Å². The molecule has 8 nitrogen and oxygen atoms in total. The van der Waals surface area contributed by atoms with Crippen LogP contribution in [0.2, 0.25) is 0 Å². The van der Waals surface area contributed by atoms with Crippen molar-refractivity contribution in [1.82, 2.24) is 25.0 Å². The largest absolute Gasteiger partial charge is 0.455 e. The van der Waals surface area contributed by atoms with E-state index in [0.29, 0.717) is 25.4 Å². The molecule has 2 fully saturated rings. The number of piperazine rings is 1. The van der Waals surface area contributed by atoms with Crippen molar-refractivity contribution >= 4 is 5.91 Å². The van der Waals surface area contributed by atoms with Crippen molar-refractivity contribution in [3.8, 4) is 0 Å². The number of likely N-dealkylation sites (tertiary alicyclic amines) is 1. The predicted octanol–water partition coefficient (Wildman–Crippen LogP) is 1.91. The van der Waals surface area contributed by atoms with E-state index in [1.165, 1.54) is 19.3 Å². The first-order valence-corrected chi connectivity index (χ1v) is 9.80. The van der Waals surface area contributed by atoms with Crippen LogP contribution in [0, 0.1) is 6.92 Å². The number of amides is 1. The third-order valence-electron chi connectivity index (χ3n) is 5.48. The highest BCUT2D eigenvalue weighted by molar-refractivity contribution is 5.91. The van der Waals surface area contributed by atoms with Crippen LogP contribution in [0.25, 0.3) is 0 Å². The van der Waals surface area contributed by atoms with Gasteiger partial charge in [-0.15, -0.1) is 0 Å². The van der Waals surface area contributed by atoms with Crippen molar-refractivity contribution < 1.29 is 13.8 Å². The maximum atomic E-state index is 12.7. The van der Waals surface area contributed by atoms with Crippen LogP contribution in [0.3, 0.4) is 0 Å². The fourth-order valence-electron chi connectivity index (χ4n) is 3.79. The molecule has 1 amide bonds. The van der Waals surface area contributed by atoms with Crippen LogP contribution >= 0.6 is 0 Å². The zero-order chi connectivity index (χ0) is 18.6. The van der Waals surface area contributed by atoms with Crippen molar-refractivity contribution in [3.63, 3.8) is 0 Å². The van der Waals surface area contributed by atoms with Crippen LogP contribution in [-0.2, 0) is 13.1 Å². The summed E-state index contributed by atoms with van der Waals surface area (Å²) in [5.41, 5.74) is 1.69. The van der Waals surface area contributed by atoms with Gasteiger partial charge < -0.3 is 9.32 Å². The van der Waals surface area contributed by atoms with Gasteiger partial charge in [-0.25, -0.2) is 4.63 Å². The molecule has 2 aromatic heterocycles. The summed E-state index contributed by atoms with van der Waals surface area (Å²) in [6, 6.07) is 3.76. The van der Waals surface area contributed by atoms with E-state index in [1.807, 2.05) is 24.0 Å². The molecule has 0 unspecified atom stereocenters. The Morgan fingerprint density at radius 3 is 2.41 bits per heavy atom. The third kappa shape index (κ3) is 4.39. The second-order valence-corrected chi connectivity index (χ2v) is 7.47. The van der Waals surface area contributed by atoms with Crippen LogP contribution in [0.1, 0.15) is 47.0 Å². The zero-order valence-corrected chi connectivity index (χ0v) is 15.9. The number of piperidine rings is 1. The first-order chi connectivity index (χ1) is 13.2. The lowest BCUT2D eigenvalue weighted by molar-refractivity contribution is 0.0591. The Kier molecular flexibility index (Phi) is 5.54. The lowest BCUT2D eigenvalue weighted by atomic mass is 10.1. The molecule has 2 saturated heterocycles. The Labute approximate surface area is 159 Å². The molecule has 0 radical (unpaired) electrons. The minimum absolute atomic E-state index is 0.0150. The predicted molar refractivity (Wildman–Crippen MR) is 98.1 cm³/mol.